The van der Waals surface area contributed by atoms with Crippen molar-refractivity contribution in [2.24, 2.45) is 5.73 Å². The summed E-state index contributed by atoms with van der Waals surface area (Å²) >= 11 is 0. The topological polar surface area (TPSA) is 35.2 Å². The zero-order valence-corrected chi connectivity index (χ0v) is 8.79. The summed E-state index contributed by atoms with van der Waals surface area (Å²) in [5, 5.41) is 0. The molecule has 2 nitrogen and oxygen atoms in total. The van der Waals surface area contributed by atoms with E-state index in [0.717, 1.165) is 11.1 Å². The Balaban J connectivity index is 2.78. The summed E-state index contributed by atoms with van der Waals surface area (Å²) in [5.74, 6) is 0.712. The summed E-state index contributed by atoms with van der Waals surface area (Å²) in [5.41, 5.74) is 7.88. The number of hydrogen-bond acceptors (Lipinski definition) is 2. The van der Waals surface area contributed by atoms with E-state index in [1.165, 1.54) is 0 Å². The maximum Gasteiger partial charge on any atom is 0.119 e. The van der Waals surface area contributed by atoms with E-state index in [2.05, 4.69) is 6.58 Å². The molecular formula is C12H17NO. The third-order valence-corrected chi connectivity index (χ3v) is 2.08. The van der Waals surface area contributed by atoms with Gasteiger partial charge in [-0.3, -0.25) is 0 Å². The van der Waals surface area contributed by atoms with Crippen LogP contribution in [0.4, 0.5) is 0 Å². The lowest BCUT2D eigenvalue weighted by Crippen LogP contribution is -2.04. The molecule has 0 amide bonds. The minimum absolute atomic E-state index is 0.0735. The maximum atomic E-state index is 5.74. The molecule has 14 heavy (non-hydrogen) atoms. The zero-order valence-electron chi connectivity index (χ0n) is 8.79. The normalized spacial score (nSPS) is 12.2. The minimum atomic E-state index is 0.0735. The monoisotopic (exact) mass is 191 g/mol. The molecule has 1 atom stereocenters. The minimum Gasteiger partial charge on any atom is -0.494 e. The molecule has 0 aliphatic heterocycles. The van der Waals surface area contributed by atoms with Gasteiger partial charge >= 0.3 is 0 Å². The van der Waals surface area contributed by atoms with Crippen LogP contribution in [0.15, 0.2) is 30.8 Å². The molecule has 2 heteroatoms. The number of ether oxygens (including phenoxy) is 1. The van der Waals surface area contributed by atoms with Crippen LogP contribution in [0.1, 0.15) is 31.0 Å². The first-order chi connectivity index (χ1) is 6.65. The molecule has 0 heterocycles. The van der Waals surface area contributed by atoms with Gasteiger partial charge in [-0.15, -0.1) is 0 Å². The van der Waals surface area contributed by atoms with Crippen LogP contribution in [0, 0.1) is 0 Å². The molecular weight excluding hydrogens is 174 g/mol. The van der Waals surface area contributed by atoms with Gasteiger partial charge in [0, 0.05) is 11.6 Å². The SMILES string of the molecule is C=C(OCC)c1ccc(C(C)N)cc1. The van der Waals surface area contributed by atoms with E-state index in [1.807, 2.05) is 38.1 Å². The number of nitrogens with two attached hydrogens (primary N) is 1. The molecule has 1 aromatic rings. The highest BCUT2D eigenvalue weighted by Gasteiger charge is 2.01. The second-order valence-corrected chi connectivity index (χ2v) is 3.27. The number of rotatable bonds is 4. The van der Waals surface area contributed by atoms with Crippen LogP contribution in [0.3, 0.4) is 0 Å². The van der Waals surface area contributed by atoms with Crippen molar-refractivity contribution in [2.45, 2.75) is 19.9 Å². The second-order valence-electron chi connectivity index (χ2n) is 3.27. The highest BCUT2D eigenvalue weighted by atomic mass is 16.5. The van der Waals surface area contributed by atoms with Gasteiger partial charge in [-0.05, 0) is 19.4 Å². The molecule has 0 bridgehead atoms. The lowest BCUT2D eigenvalue weighted by molar-refractivity contribution is 0.299. The van der Waals surface area contributed by atoms with Crippen LogP contribution in [0.25, 0.3) is 5.76 Å². The molecule has 1 aromatic carbocycles. The Labute approximate surface area is 85.4 Å². The third-order valence-electron chi connectivity index (χ3n) is 2.08. The molecule has 1 unspecified atom stereocenters. The highest BCUT2D eigenvalue weighted by Crippen LogP contribution is 2.16. The van der Waals surface area contributed by atoms with Gasteiger partial charge in [0.25, 0.3) is 0 Å². The van der Waals surface area contributed by atoms with Crippen molar-refractivity contribution in [2.75, 3.05) is 6.61 Å². The second kappa shape index (κ2) is 4.82. The lowest BCUT2D eigenvalue weighted by atomic mass is 10.1. The van der Waals surface area contributed by atoms with Crippen molar-refractivity contribution in [1.82, 2.24) is 0 Å². The first-order valence-corrected chi connectivity index (χ1v) is 4.82. The Morgan fingerprint density at radius 2 is 2.00 bits per heavy atom. The fraction of sp³-hybridized carbons (Fsp3) is 0.333. The fourth-order valence-electron chi connectivity index (χ4n) is 1.23. The van der Waals surface area contributed by atoms with Gasteiger partial charge < -0.3 is 10.5 Å². The quantitative estimate of drug-likeness (QED) is 0.743. The molecule has 0 aliphatic carbocycles. The van der Waals surface area contributed by atoms with Crippen molar-refractivity contribution in [3.05, 3.63) is 42.0 Å². The van der Waals surface area contributed by atoms with E-state index in [9.17, 15) is 0 Å². The van der Waals surface area contributed by atoms with Gasteiger partial charge in [0.1, 0.15) is 5.76 Å². The molecule has 0 saturated carbocycles. The Hall–Kier alpha value is -1.28. The van der Waals surface area contributed by atoms with Gasteiger partial charge in [0.05, 0.1) is 6.61 Å². The molecule has 0 aliphatic rings. The van der Waals surface area contributed by atoms with Crippen LogP contribution in [0.5, 0.6) is 0 Å². The molecule has 0 aromatic heterocycles. The van der Waals surface area contributed by atoms with Crippen LogP contribution in [0.2, 0.25) is 0 Å². The van der Waals surface area contributed by atoms with Crippen LogP contribution >= 0.6 is 0 Å². The maximum absolute atomic E-state index is 5.74. The summed E-state index contributed by atoms with van der Waals surface area (Å²) in [6.45, 7) is 8.39. The van der Waals surface area contributed by atoms with E-state index >= 15 is 0 Å². The fourth-order valence-corrected chi connectivity index (χ4v) is 1.23. The highest BCUT2D eigenvalue weighted by molar-refractivity contribution is 5.57. The third kappa shape index (κ3) is 2.60. The molecule has 2 N–H and O–H groups in total. The van der Waals surface area contributed by atoms with Crippen molar-refractivity contribution < 1.29 is 4.74 Å². The van der Waals surface area contributed by atoms with Gasteiger partial charge in [-0.2, -0.15) is 0 Å². The van der Waals surface area contributed by atoms with E-state index < -0.39 is 0 Å². The van der Waals surface area contributed by atoms with Crippen LogP contribution in [-0.2, 0) is 4.74 Å². The largest absolute Gasteiger partial charge is 0.494 e. The Bertz CT molecular complexity index is 301. The summed E-state index contributed by atoms with van der Waals surface area (Å²) in [7, 11) is 0. The average Bonchev–Trinajstić information content (AvgIpc) is 2.18. The molecule has 0 radical (unpaired) electrons. The summed E-state index contributed by atoms with van der Waals surface area (Å²) in [6, 6.07) is 8.05. The molecule has 0 spiro atoms. The molecule has 1 rings (SSSR count). The average molecular weight is 191 g/mol. The van der Waals surface area contributed by atoms with Crippen molar-refractivity contribution >= 4 is 5.76 Å². The Morgan fingerprint density at radius 3 is 2.43 bits per heavy atom. The zero-order chi connectivity index (χ0) is 10.6. The predicted molar refractivity (Wildman–Crippen MR) is 59.7 cm³/mol. The van der Waals surface area contributed by atoms with Crippen LogP contribution < -0.4 is 5.73 Å². The molecule has 0 saturated heterocycles. The van der Waals surface area contributed by atoms with Crippen molar-refractivity contribution in [1.29, 1.82) is 0 Å². The van der Waals surface area contributed by atoms with Gasteiger partial charge in [-0.25, -0.2) is 0 Å². The summed E-state index contributed by atoms with van der Waals surface area (Å²) in [4.78, 5) is 0. The lowest BCUT2D eigenvalue weighted by Gasteiger charge is -2.09. The van der Waals surface area contributed by atoms with E-state index in [4.69, 9.17) is 10.5 Å². The van der Waals surface area contributed by atoms with Gasteiger partial charge in [0.2, 0.25) is 0 Å². The smallest absolute Gasteiger partial charge is 0.119 e. The van der Waals surface area contributed by atoms with Crippen molar-refractivity contribution in [3.8, 4) is 0 Å². The standard InChI is InChI=1S/C12H17NO/c1-4-14-10(3)12-7-5-11(6-8-12)9(2)13/h5-9H,3-4,13H2,1-2H3. The molecule has 0 fully saturated rings. The van der Waals surface area contributed by atoms with E-state index in [0.29, 0.717) is 12.4 Å². The van der Waals surface area contributed by atoms with Gasteiger partial charge in [0.15, 0.2) is 0 Å². The van der Waals surface area contributed by atoms with Crippen molar-refractivity contribution in [3.63, 3.8) is 0 Å². The van der Waals surface area contributed by atoms with Gasteiger partial charge in [-0.1, -0.05) is 30.8 Å². The Morgan fingerprint density at radius 1 is 1.43 bits per heavy atom. The first kappa shape index (κ1) is 10.8. The predicted octanol–water partition coefficient (Wildman–Crippen LogP) is 2.71. The van der Waals surface area contributed by atoms with E-state index in [-0.39, 0.29) is 6.04 Å². The summed E-state index contributed by atoms with van der Waals surface area (Å²) in [6.07, 6.45) is 0. The Kier molecular flexibility index (Phi) is 3.72. The molecule has 76 valence electrons. The first-order valence-electron chi connectivity index (χ1n) is 4.82. The van der Waals surface area contributed by atoms with Crippen LogP contribution in [-0.4, -0.2) is 6.61 Å². The number of benzene rings is 1. The summed E-state index contributed by atoms with van der Waals surface area (Å²) < 4.78 is 5.30. The number of hydrogen-bond donors (Lipinski definition) is 1. The van der Waals surface area contributed by atoms with E-state index in [1.54, 1.807) is 0 Å².